The van der Waals surface area contributed by atoms with Gasteiger partial charge in [-0.2, -0.15) is 0 Å². The molecule has 0 spiro atoms. The van der Waals surface area contributed by atoms with Gasteiger partial charge < -0.3 is 9.80 Å². The Hall–Kier alpha value is -1.64. The summed E-state index contributed by atoms with van der Waals surface area (Å²) in [5.41, 5.74) is 0. The maximum Gasteiger partial charge on any atom is 0.242 e. The number of nitrogens with one attached hydrogen (secondary N) is 1. The molecule has 0 atom stereocenters. The average Bonchev–Trinajstić information content (AvgIpc) is 3.03. The lowest BCUT2D eigenvalue weighted by atomic mass is 9.95. The molecule has 2 aliphatic heterocycles. The fourth-order valence-electron chi connectivity index (χ4n) is 4.12. The molecular formula is C21H30ClN3O4S. The summed E-state index contributed by atoms with van der Waals surface area (Å²) in [5, 5.41) is 0.146. The molecule has 7 nitrogen and oxygen atoms in total. The Kier molecular flexibility index (Phi) is 8.13. The van der Waals surface area contributed by atoms with Crippen LogP contribution in [0.1, 0.15) is 44.9 Å². The van der Waals surface area contributed by atoms with Gasteiger partial charge in [0.25, 0.3) is 0 Å². The van der Waals surface area contributed by atoms with E-state index < -0.39 is 10.0 Å². The van der Waals surface area contributed by atoms with Gasteiger partial charge in [0.05, 0.1) is 5.02 Å². The Morgan fingerprint density at radius 1 is 0.967 bits per heavy atom. The zero-order chi connectivity index (χ0) is 21.6. The van der Waals surface area contributed by atoms with Crippen LogP contribution in [0.2, 0.25) is 5.02 Å². The van der Waals surface area contributed by atoms with Gasteiger partial charge in [-0.3, -0.25) is 9.59 Å². The molecule has 9 heteroatoms. The number of carbonyl (C=O) groups is 2. The lowest BCUT2D eigenvalue weighted by Gasteiger charge is -2.34. The van der Waals surface area contributed by atoms with E-state index in [0.717, 1.165) is 25.9 Å². The van der Waals surface area contributed by atoms with Crippen molar-refractivity contribution in [2.75, 3.05) is 32.7 Å². The molecule has 166 valence electrons. The third-order valence-corrected chi connectivity index (χ3v) is 7.83. The molecule has 2 saturated heterocycles. The number of likely N-dealkylation sites (tertiary alicyclic amines) is 2. The molecule has 1 N–H and O–H groups in total. The molecule has 3 rings (SSSR count). The van der Waals surface area contributed by atoms with Crippen LogP contribution in [-0.2, 0) is 19.6 Å². The van der Waals surface area contributed by atoms with Crippen LogP contribution in [0.25, 0.3) is 0 Å². The van der Waals surface area contributed by atoms with E-state index in [2.05, 4.69) is 4.72 Å². The molecule has 0 saturated carbocycles. The van der Waals surface area contributed by atoms with Crippen LogP contribution >= 0.6 is 11.6 Å². The Bertz CT molecular complexity index is 846. The summed E-state index contributed by atoms with van der Waals surface area (Å²) in [5.74, 6) is 0.125. The Labute approximate surface area is 183 Å². The van der Waals surface area contributed by atoms with Gasteiger partial charge in [0.1, 0.15) is 4.90 Å². The van der Waals surface area contributed by atoms with Gasteiger partial charge in [0, 0.05) is 45.1 Å². The highest BCUT2D eigenvalue weighted by atomic mass is 35.5. The minimum Gasteiger partial charge on any atom is -0.343 e. The number of hydrogen-bond donors (Lipinski definition) is 1. The Balaban J connectivity index is 1.43. The van der Waals surface area contributed by atoms with Gasteiger partial charge in [0.15, 0.2) is 0 Å². The summed E-state index contributed by atoms with van der Waals surface area (Å²) >= 11 is 5.95. The van der Waals surface area contributed by atoms with Crippen molar-refractivity contribution in [3.05, 3.63) is 29.3 Å². The number of carbonyl (C=O) groups excluding carboxylic acids is 2. The second kappa shape index (κ2) is 10.6. The summed E-state index contributed by atoms with van der Waals surface area (Å²) in [4.78, 5) is 29.0. The van der Waals surface area contributed by atoms with E-state index >= 15 is 0 Å². The van der Waals surface area contributed by atoms with Crippen LogP contribution in [0.3, 0.4) is 0 Å². The van der Waals surface area contributed by atoms with Crippen LogP contribution in [0, 0.1) is 5.92 Å². The number of benzene rings is 1. The molecule has 0 bridgehead atoms. The number of piperidine rings is 1. The van der Waals surface area contributed by atoms with Gasteiger partial charge in [0.2, 0.25) is 21.8 Å². The SMILES string of the molecule is O=C(CCNS(=O)(=O)c1ccccc1Cl)N1CCC(C(=O)N2CCCCCC2)CC1. The minimum atomic E-state index is -3.76. The van der Waals surface area contributed by atoms with Crippen molar-refractivity contribution in [3.8, 4) is 0 Å². The van der Waals surface area contributed by atoms with E-state index in [1.807, 2.05) is 4.90 Å². The third kappa shape index (κ3) is 5.95. The van der Waals surface area contributed by atoms with E-state index in [0.29, 0.717) is 25.9 Å². The average molecular weight is 456 g/mol. The molecule has 0 aromatic heterocycles. The molecule has 2 amide bonds. The van der Waals surface area contributed by atoms with Gasteiger partial charge in [-0.25, -0.2) is 13.1 Å². The van der Waals surface area contributed by atoms with Crippen molar-refractivity contribution >= 4 is 33.4 Å². The molecule has 1 aromatic rings. The second-order valence-corrected chi connectivity index (χ2v) is 10.1. The van der Waals surface area contributed by atoms with Crippen molar-refractivity contribution in [1.82, 2.24) is 14.5 Å². The largest absolute Gasteiger partial charge is 0.343 e. The van der Waals surface area contributed by atoms with Crippen LogP contribution in [0.4, 0.5) is 0 Å². The molecule has 30 heavy (non-hydrogen) atoms. The van der Waals surface area contributed by atoms with Crippen LogP contribution in [0.15, 0.2) is 29.2 Å². The van der Waals surface area contributed by atoms with Crippen molar-refractivity contribution in [3.63, 3.8) is 0 Å². The third-order valence-electron chi connectivity index (χ3n) is 5.87. The summed E-state index contributed by atoms with van der Waals surface area (Å²) in [7, 11) is -3.76. The predicted octanol–water partition coefficient (Wildman–Crippen LogP) is 2.65. The van der Waals surface area contributed by atoms with E-state index in [-0.39, 0.29) is 40.6 Å². The van der Waals surface area contributed by atoms with Crippen molar-refractivity contribution in [2.24, 2.45) is 5.92 Å². The molecule has 2 aliphatic rings. The van der Waals surface area contributed by atoms with Crippen molar-refractivity contribution < 1.29 is 18.0 Å². The zero-order valence-corrected chi connectivity index (χ0v) is 18.8. The first-order valence-electron chi connectivity index (χ1n) is 10.7. The lowest BCUT2D eigenvalue weighted by molar-refractivity contribution is -0.140. The van der Waals surface area contributed by atoms with Crippen molar-refractivity contribution in [2.45, 2.75) is 49.8 Å². The highest BCUT2D eigenvalue weighted by Crippen LogP contribution is 2.23. The van der Waals surface area contributed by atoms with E-state index in [4.69, 9.17) is 11.6 Å². The fourth-order valence-corrected chi connectivity index (χ4v) is 5.67. The normalized spacial score (nSPS) is 18.8. The predicted molar refractivity (Wildman–Crippen MR) is 116 cm³/mol. The zero-order valence-electron chi connectivity index (χ0n) is 17.2. The molecule has 1 aromatic carbocycles. The highest BCUT2D eigenvalue weighted by Gasteiger charge is 2.30. The second-order valence-electron chi connectivity index (χ2n) is 7.97. The smallest absolute Gasteiger partial charge is 0.242 e. The molecule has 2 fully saturated rings. The molecule has 2 heterocycles. The van der Waals surface area contributed by atoms with E-state index in [1.165, 1.54) is 25.0 Å². The van der Waals surface area contributed by atoms with Crippen LogP contribution in [0.5, 0.6) is 0 Å². The number of rotatable bonds is 6. The number of amides is 2. The maximum absolute atomic E-state index is 12.8. The number of hydrogen-bond acceptors (Lipinski definition) is 4. The van der Waals surface area contributed by atoms with E-state index in [1.54, 1.807) is 17.0 Å². The van der Waals surface area contributed by atoms with Gasteiger partial charge in [-0.15, -0.1) is 0 Å². The Morgan fingerprint density at radius 3 is 2.23 bits per heavy atom. The molecule has 0 radical (unpaired) electrons. The Morgan fingerprint density at radius 2 is 1.60 bits per heavy atom. The standard InChI is InChI=1S/C21H30ClN3O4S/c22-18-7-3-4-8-19(18)30(28,29)23-12-9-20(26)24-15-10-17(11-16-24)21(27)25-13-5-1-2-6-14-25/h3-4,7-8,17,23H,1-2,5-6,9-16H2. The first-order valence-corrected chi connectivity index (χ1v) is 12.6. The highest BCUT2D eigenvalue weighted by molar-refractivity contribution is 7.89. The van der Waals surface area contributed by atoms with Gasteiger partial charge in [-0.05, 0) is 37.8 Å². The number of sulfonamides is 1. The number of halogens is 1. The van der Waals surface area contributed by atoms with E-state index in [9.17, 15) is 18.0 Å². The number of nitrogens with zero attached hydrogens (tertiary/aromatic N) is 2. The minimum absolute atomic E-state index is 0.00644. The summed E-state index contributed by atoms with van der Waals surface area (Å²) in [6, 6.07) is 6.20. The summed E-state index contributed by atoms with van der Waals surface area (Å²) < 4.78 is 27.1. The summed E-state index contributed by atoms with van der Waals surface area (Å²) in [6.07, 6.45) is 5.96. The lowest BCUT2D eigenvalue weighted by Crippen LogP contribution is -2.45. The first kappa shape index (κ1) is 23.0. The topological polar surface area (TPSA) is 86.8 Å². The monoisotopic (exact) mass is 455 g/mol. The van der Waals surface area contributed by atoms with Gasteiger partial charge >= 0.3 is 0 Å². The van der Waals surface area contributed by atoms with Crippen LogP contribution in [-0.4, -0.2) is 62.8 Å². The fraction of sp³-hybridized carbons (Fsp3) is 0.619. The van der Waals surface area contributed by atoms with Gasteiger partial charge in [-0.1, -0.05) is 36.6 Å². The summed E-state index contributed by atoms with van der Waals surface area (Å²) in [6.45, 7) is 2.80. The van der Waals surface area contributed by atoms with Crippen LogP contribution < -0.4 is 4.72 Å². The molecular weight excluding hydrogens is 426 g/mol. The van der Waals surface area contributed by atoms with Crippen molar-refractivity contribution in [1.29, 1.82) is 0 Å². The first-order chi connectivity index (χ1) is 14.4. The maximum atomic E-state index is 12.8. The molecule has 0 aliphatic carbocycles. The molecule has 0 unspecified atom stereocenters. The quantitative estimate of drug-likeness (QED) is 0.714.